The van der Waals surface area contributed by atoms with E-state index in [0.29, 0.717) is 29.9 Å². The maximum absolute atomic E-state index is 12.8. The van der Waals surface area contributed by atoms with Gasteiger partial charge in [-0.25, -0.2) is 4.98 Å². The van der Waals surface area contributed by atoms with Crippen LogP contribution in [-0.2, 0) is 6.18 Å². The number of benzene rings is 1. The monoisotopic (exact) mass is 352 g/mol. The van der Waals surface area contributed by atoms with Gasteiger partial charge in [-0.1, -0.05) is 6.07 Å². The van der Waals surface area contributed by atoms with Crippen LogP contribution in [0.4, 0.5) is 30.6 Å². The molecule has 1 aromatic carbocycles. The largest absolute Gasteiger partial charge is 0.416 e. The predicted octanol–water partition coefficient (Wildman–Crippen LogP) is 2.91. The van der Waals surface area contributed by atoms with Gasteiger partial charge in [0.25, 0.3) is 0 Å². The molecule has 0 unspecified atom stereocenters. The number of alkyl halides is 3. The van der Waals surface area contributed by atoms with Crippen LogP contribution in [0, 0.1) is 0 Å². The highest BCUT2D eigenvalue weighted by atomic mass is 19.4. The fourth-order valence-electron chi connectivity index (χ4n) is 2.19. The van der Waals surface area contributed by atoms with Gasteiger partial charge in [-0.05, 0) is 24.6 Å². The first-order chi connectivity index (χ1) is 12.0. The molecule has 2 aromatic heterocycles. The van der Waals surface area contributed by atoms with Crippen LogP contribution in [-0.4, -0.2) is 38.2 Å². The van der Waals surface area contributed by atoms with Gasteiger partial charge >= 0.3 is 6.18 Å². The van der Waals surface area contributed by atoms with Gasteiger partial charge in [0.1, 0.15) is 5.52 Å². The van der Waals surface area contributed by atoms with Crippen molar-refractivity contribution in [3.63, 3.8) is 0 Å². The number of aromatic nitrogens is 4. The molecule has 0 amide bonds. The molecular weight excluding hydrogens is 337 g/mol. The molecule has 2 heterocycles. The van der Waals surface area contributed by atoms with Gasteiger partial charge in [-0.2, -0.15) is 23.1 Å². The molecule has 3 rings (SSSR count). The molecule has 10 heteroatoms. The molecule has 0 radical (unpaired) electrons. The number of nitrogens with one attached hydrogen (secondary N) is 3. The van der Waals surface area contributed by atoms with Crippen molar-refractivity contribution in [2.24, 2.45) is 0 Å². The van der Waals surface area contributed by atoms with Crippen LogP contribution in [0.15, 0.2) is 30.6 Å². The number of halogens is 3. The number of aromatic amines is 1. The molecule has 0 aliphatic rings. The molecular formula is C15H15F3N6O. The van der Waals surface area contributed by atoms with E-state index in [2.05, 4.69) is 30.6 Å². The van der Waals surface area contributed by atoms with Crippen LogP contribution in [0.5, 0.6) is 0 Å². The Kier molecular flexibility index (Phi) is 4.70. The number of hydrogen-bond donors (Lipinski definition) is 4. The number of aliphatic hydroxyl groups excluding tert-OH is 1. The SMILES string of the molecule is OCCCNc1nc(Nc2cccc(C(F)(F)F)c2)c2[nH]cnc2n1. The normalized spacial score (nSPS) is 11.7. The minimum atomic E-state index is -4.43. The van der Waals surface area contributed by atoms with E-state index in [1.165, 1.54) is 18.5 Å². The Morgan fingerprint density at radius 1 is 1.20 bits per heavy atom. The Bertz CT molecular complexity index is 864. The highest BCUT2D eigenvalue weighted by Gasteiger charge is 2.30. The summed E-state index contributed by atoms with van der Waals surface area (Å²) in [5.41, 5.74) is 0.334. The molecule has 3 aromatic rings. The Morgan fingerprint density at radius 2 is 2.04 bits per heavy atom. The van der Waals surface area contributed by atoms with Gasteiger partial charge in [0.15, 0.2) is 11.5 Å². The van der Waals surface area contributed by atoms with Crippen LogP contribution in [0.3, 0.4) is 0 Å². The number of H-pyrrole nitrogens is 1. The van der Waals surface area contributed by atoms with Crippen LogP contribution in [0.2, 0.25) is 0 Å². The van der Waals surface area contributed by atoms with E-state index in [1.807, 2.05) is 0 Å². The van der Waals surface area contributed by atoms with E-state index in [1.54, 1.807) is 0 Å². The van der Waals surface area contributed by atoms with Gasteiger partial charge in [-0.15, -0.1) is 0 Å². The average molecular weight is 352 g/mol. The lowest BCUT2D eigenvalue weighted by atomic mass is 10.2. The molecule has 0 saturated carbocycles. The number of fused-ring (bicyclic) bond motifs is 1. The molecule has 7 nitrogen and oxygen atoms in total. The lowest BCUT2D eigenvalue weighted by molar-refractivity contribution is -0.137. The van der Waals surface area contributed by atoms with Gasteiger partial charge < -0.3 is 20.7 Å². The number of nitrogens with zero attached hydrogens (tertiary/aromatic N) is 3. The Morgan fingerprint density at radius 3 is 2.80 bits per heavy atom. The maximum atomic E-state index is 12.8. The van der Waals surface area contributed by atoms with E-state index in [9.17, 15) is 13.2 Å². The third-order valence-corrected chi connectivity index (χ3v) is 3.36. The van der Waals surface area contributed by atoms with Crippen molar-refractivity contribution in [2.75, 3.05) is 23.8 Å². The summed E-state index contributed by atoms with van der Waals surface area (Å²) < 4.78 is 38.5. The van der Waals surface area contributed by atoms with E-state index in [0.717, 1.165) is 12.1 Å². The van der Waals surface area contributed by atoms with Crippen molar-refractivity contribution >= 4 is 28.6 Å². The molecule has 0 bridgehead atoms. The van der Waals surface area contributed by atoms with E-state index in [-0.39, 0.29) is 18.2 Å². The zero-order chi connectivity index (χ0) is 17.9. The zero-order valence-corrected chi connectivity index (χ0v) is 12.9. The molecule has 4 N–H and O–H groups in total. The Balaban J connectivity index is 1.91. The van der Waals surface area contributed by atoms with Crippen molar-refractivity contribution < 1.29 is 18.3 Å². The van der Waals surface area contributed by atoms with Crippen molar-refractivity contribution in [1.82, 2.24) is 19.9 Å². The average Bonchev–Trinajstić information content (AvgIpc) is 3.03. The van der Waals surface area contributed by atoms with Crippen LogP contribution >= 0.6 is 0 Å². The smallest absolute Gasteiger partial charge is 0.396 e. The fraction of sp³-hybridized carbons (Fsp3) is 0.267. The van der Waals surface area contributed by atoms with E-state index in [4.69, 9.17) is 5.11 Å². The highest BCUT2D eigenvalue weighted by molar-refractivity contribution is 5.86. The number of hydrogen-bond acceptors (Lipinski definition) is 6. The first-order valence-electron chi connectivity index (χ1n) is 7.47. The second kappa shape index (κ2) is 6.93. The summed E-state index contributed by atoms with van der Waals surface area (Å²) in [4.78, 5) is 15.4. The van der Waals surface area contributed by atoms with Gasteiger partial charge in [0.2, 0.25) is 5.95 Å². The summed E-state index contributed by atoms with van der Waals surface area (Å²) in [7, 11) is 0. The van der Waals surface area contributed by atoms with Crippen LogP contribution < -0.4 is 10.6 Å². The molecule has 132 valence electrons. The van der Waals surface area contributed by atoms with Crippen LogP contribution in [0.1, 0.15) is 12.0 Å². The highest BCUT2D eigenvalue weighted by Crippen LogP contribution is 2.32. The van der Waals surface area contributed by atoms with Crippen molar-refractivity contribution in [2.45, 2.75) is 12.6 Å². The third-order valence-electron chi connectivity index (χ3n) is 3.36. The van der Waals surface area contributed by atoms with Crippen molar-refractivity contribution in [3.8, 4) is 0 Å². The molecule has 0 aliphatic heterocycles. The van der Waals surface area contributed by atoms with Gasteiger partial charge in [0, 0.05) is 18.8 Å². The summed E-state index contributed by atoms with van der Waals surface area (Å²) in [5, 5.41) is 14.6. The number of anilines is 3. The number of rotatable bonds is 6. The minimum absolute atomic E-state index is 0.0208. The van der Waals surface area contributed by atoms with Gasteiger partial charge in [-0.3, -0.25) is 0 Å². The third kappa shape index (κ3) is 3.97. The molecule has 25 heavy (non-hydrogen) atoms. The summed E-state index contributed by atoms with van der Waals surface area (Å²) in [6.45, 7) is 0.475. The molecule has 0 aliphatic carbocycles. The lowest BCUT2D eigenvalue weighted by Crippen LogP contribution is -2.09. The second-order valence-electron chi connectivity index (χ2n) is 5.20. The summed E-state index contributed by atoms with van der Waals surface area (Å²) in [5.74, 6) is 0.566. The first-order valence-corrected chi connectivity index (χ1v) is 7.47. The maximum Gasteiger partial charge on any atom is 0.416 e. The summed E-state index contributed by atoms with van der Waals surface area (Å²) in [6.07, 6.45) is -2.49. The van der Waals surface area contributed by atoms with Gasteiger partial charge in [0.05, 0.1) is 11.9 Å². The summed E-state index contributed by atoms with van der Waals surface area (Å²) >= 11 is 0. The number of aliphatic hydroxyl groups is 1. The van der Waals surface area contributed by atoms with E-state index >= 15 is 0 Å². The Labute approximate surface area is 140 Å². The second-order valence-corrected chi connectivity index (χ2v) is 5.20. The molecule has 0 atom stereocenters. The van der Waals surface area contributed by atoms with Crippen molar-refractivity contribution in [3.05, 3.63) is 36.2 Å². The number of imidazole rings is 1. The van der Waals surface area contributed by atoms with Crippen LogP contribution in [0.25, 0.3) is 11.2 Å². The van der Waals surface area contributed by atoms with Crippen molar-refractivity contribution in [1.29, 1.82) is 0 Å². The quantitative estimate of drug-likeness (QED) is 0.509. The standard InChI is InChI=1S/C15H15F3N6O/c16-15(17,18)9-3-1-4-10(7-9)22-13-11-12(21-8-20-11)23-14(24-13)19-5-2-6-25/h1,3-4,7-8,25H,2,5-6H2,(H3,19,20,21,22,23,24). The summed E-state index contributed by atoms with van der Waals surface area (Å²) in [6, 6.07) is 4.83. The topological polar surface area (TPSA) is 98.8 Å². The molecule has 0 spiro atoms. The molecule has 0 saturated heterocycles. The lowest BCUT2D eigenvalue weighted by Gasteiger charge is -2.11. The first kappa shape index (κ1) is 17.0. The van der Waals surface area contributed by atoms with E-state index < -0.39 is 11.7 Å². The fourth-order valence-corrected chi connectivity index (χ4v) is 2.19. The Hall–Kier alpha value is -2.88. The zero-order valence-electron chi connectivity index (χ0n) is 12.9. The minimum Gasteiger partial charge on any atom is -0.396 e. The predicted molar refractivity (Wildman–Crippen MR) is 86.6 cm³/mol. The molecule has 0 fully saturated rings.